The molecule has 1 atom stereocenters. The molecule has 0 aromatic heterocycles. The van der Waals surface area contributed by atoms with Gasteiger partial charge in [0.1, 0.15) is 12.0 Å². The van der Waals surface area contributed by atoms with Gasteiger partial charge in [-0.25, -0.2) is 0 Å². The Morgan fingerprint density at radius 2 is 1.71 bits per heavy atom. The molecule has 0 amide bonds. The fraction of sp³-hybridized carbons (Fsp3) is 0.538. The number of ether oxygens (including phenoxy) is 1. The molecule has 1 aliphatic rings. The molecule has 0 spiro atoms. The zero-order chi connectivity index (χ0) is 12.3. The third-order valence-corrected chi connectivity index (χ3v) is 3.28. The quantitative estimate of drug-likeness (QED) is 0.854. The third-order valence-electron chi connectivity index (χ3n) is 3.28. The first-order chi connectivity index (χ1) is 8.20. The Kier molecular flexibility index (Phi) is 3.86. The Balaban J connectivity index is 1.95. The molecule has 1 aromatic carbocycles. The summed E-state index contributed by atoms with van der Waals surface area (Å²) in [5, 5.41) is 9.49. The summed E-state index contributed by atoms with van der Waals surface area (Å²) in [6, 6.07) is 8.13. The van der Waals surface area contributed by atoms with E-state index in [2.05, 4.69) is 21.9 Å². The van der Waals surface area contributed by atoms with Gasteiger partial charge in [-0.15, -0.1) is 0 Å². The summed E-state index contributed by atoms with van der Waals surface area (Å²) in [7, 11) is 1.68. The van der Waals surface area contributed by atoms with Crippen LogP contribution in [0.4, 0.5) is 5.69 Å². The number of piperazine rings is 1. The predicted octanol–water partition coefficient (Wildman–Crippen LogP) is 1.16. The van der Waals surface area contributed by atoms with Crippen LogP contribution in [-0.4, -0.2) is 49.5 Å². The van der Waals surface area contributed by atoms with Crippen LogP contribution in [-0.2, 0) is 0 Å². The maximum atomic E-state index is 9.49. The normalized spacial score (nSPS) is 19.1. The molecule has 1 aromatic rings. The van der Waals surface area contributed by atoms with E-state index in [-0.39, 0.29) is 6.23 Å². The molecule has 4 nitrogen and oxygen atoms in total. The van der Waals surface area contributed by atoms with Gasteiger partial charge in [-0.2, -0.15) is 0 Å². The highest BCUT2D eigenvalue weighted by Crippen LogP contribution is 2.20. The van der Waals surface area contributed by atoms with Crippen LogP contribution in [0.5, 0.6) is 5.75 Å². The summed E-state index contributed by atoms with van der Waals surface area (Å²) >= 11 is 0. The van der Waals surface area contributed by atoms with E-state index in [9.17, 15) is 5.11 Å². The lowest BCUT2D eigenvalue weighted by Gasteiger charge is -2.37. The predicted molar refractivity (Wildman–Crippen MR) is 68.5 cm³/mol. The molecule has 1 unspecified atom stereocenters. The van der Waals surface area contributed by atoms with Crippen LogP contribution >= 0.6 is 0 Å². The standard InChI is InChI=1S/C13H20N2O2/c1-11(16)14-7-9-15(10-8-14)12-3-5-13(17-2)6-4-12/h3-6,11,16H,7-10H2,1-2H3. The highest BCUT2D eigenvalue weighted by Gasteiger charge is 2.19. The minimum absolute atomic E-state index is 0.340. The minimum Gasteiger partial charge on any atom is -0.497 e. The summed E-state index contributed by atoms with van der Waals surface area (Å²) in [6.07, 6.45) is -0.340. The summed E-state index contributed by atoms with van der Waals surface area (Å²) < 4.78 is 5.15. The second-order valence-electron chi connectivity index (χ2n) is 4.35. The van der Waals surface area contributed by atoms with Gasteiger partial charge in [-0.05, 0) is 31.2 Å². The molecule has 4 heteroatoms. The number of aliphatic hydroxyl groups is 1. The molecule has 0 aliphatic carbocycles. The highest BCUT2D eigenvalue weighted by molar-refractivity contribution is 5.49. The number of hydrogen-bond acceptors (Lipinski definition) is 4. The first-order valence-corrected chi connectivity index (χ1v) is 6.02. The van der Waals surface area contributed by atoms with Crippen molar-refractivity contribution in [2.45, 2.75) is 13.2 Å². The Morgan fingerprint density at radius 3 is 2.18 bits per heavy atom. The first kappa shape index (κ1) is 12.2. The number of methoxy groups -OCH3 is 1. The summed E-state index contributed by atoms with van der Waals surface area (Å²) in [5.41, 5.74) is 1.22. The summed E-state index contributed by atoms with van der Waals surface area (Å²) in [6.45, 7) is 5.55. The van der Waals surface area contributed by atoms with Gasteiger partial charge in [0.15, 0.2) is 0 Å². The largest absolute Gasteiger partial charge is 0.497 e. The van der Waals surface area contributed by atoms with Crippen LogP contribution in [0.15, 0.2) is 24.3 Å². The van der Waals surface area contributed by atoms with E-state index in [1.54, 1.807) is 7.11 Å². The molecule has 1 aliphatic heterocycles. The van der Waals surface area contributed by atoms with Gasteiger partial charge in [-0.1, -0.05) is 0 Å². The van der Waals surface area contributed by atoms with Crippen molar-refractivity contribution in [3.63, 3.8) is 0 Å². The molecule has 1 saturated heterocycles. The van der Waals surface area contributed by atoms with Crippen molar-refractivity contribution in [1.82, 2.24) is 4.90 Å². The first-order valence-electron chi connectivity index (χ1n) is 6.02. The van der Waals surface area contributed by atoms with Crippen LogP contribution in [0.1, 0.15) is 6.92 Å². The molecule has 1 N–H and O–H groups in total. The second kappa shape index (κ2) is 5.38. The molecule has 17 heavy (non-hydrogen) atoms. The van der Waals surface area contributed by atoms with Crippen LogP contribution in [0.3, 0.4) is 0 Å². The monoisotopic (exact) mass is 236 g/mol. The average molecular weight is 236 g/mol. The molecule has 0 radical (unpaired) electrons. The molecule has 0 saturated carbocycles. The zero-order valence-corrected chi connectivity index (χ0v) is 10.5. The summed E-state index contributed by atoms with van der Waals surface area (Å²) in [4.78, 5) is 4.42. The van der Waals surface area contributed by atoms with E-state index in [0.717, 1.165) is 31.9 Å². The number of benzene rings is 1. The molecule has 1 heterocycles. The number of anilines is 1. The van der Waals surface area contributed by atoms with Crippen molar-refractivity contribution in [3.8, 4) is 5.75 Å². The molecular weight excluding hydrogens is 216 g/mol. The lowest BCUT2D eigenvalue weighted by molar-refractivity contribution is 0.0153. The number of aliphatic hydroxyl groups excluding tert-OH is 1. The van der Waals surface area contributed by atoms with Crippen LogP contribution in [0.2, 0.25) is 0 Å². The van der Waals surface area contributed by atoms with Gasteiger partial charge < -0.3 is 14.7 Å². The molecule has 94 valence electrons. The fourth-order valence-corrected chi connectivity index (χ4v) is 2.15. The van der Waals surface area contributed by atoms with Crippen molar-refractivity contribution in [3.05, 3.63) is 24.3 Å². The van der Waals surface area contributed by atoms with E-state index < -0.39 is 0 Å². The Bertz CT molecular complexity index is 343. The SMILES string of the molecule is COc1ccc(N2CCN(C(C)O)CC2)cc1. The van der Waals surface area contributed by atoms with Gasteiger partial charge in [0, 0.05) is 31.9 Å². The maximum Gasteiger partial charge on any atom is 0.119 e. The van der Waals surface area contributed by atoms with E-state index in [1.165, 1.54) is 5.69 Å². The Morgan fingerprint density at radius 1 is 1.12 bits per heavy atom. The van der Waals surface area contributed by atoms with Crippen molar-refractivity contribution < 1.29 is 9.84 Å². The Labute approximate surface area is 102 Å². The van der Waals surface area contributed by atoms with Gasteiger partial charge in [0.05, 0.1) is 7.11 Å². The number of nitrogens with zero attached hydrogens (tertiary/aromatic N) is 2. The smallest absolute Gasteiger partial charge is 0.119 e. The third kappa shape index (κ3) is 2.90. The van der Waals surface area contributed by atoms with E-state index in [4.69, 9.17) is 4.74 Å². The van der Waals surface area contributed by atoms with Gasteiger partial charge in [0.2, 0.25) is 0 Å². The topological polar surface area (TPSA) is 35.9 Å². The summed E-state index contributed by atoms with van der Waals surface area (Å²) in [5.74, 6) is 0.886. The average Bonchev–Trinajstić information content (AvgIpc) is 2.39. The van der Waals surface area contributed by atoms with Gasteiger partial charge >= 0.3 is 0 Å². The minimum atomic E-state index is -0.340. The number of hydrogen-bond donors (Lipinski definition) is 1. The van der Waals surface area contributed by atoms with Crippen LogP contribution in [0.25, 0.3) is 0 Å². The van der Waals surface area contributed by atoms with E-state index in [1.807, 2.05) is 19.1 Å². The molecular formula is C13H20N2O2. The van der Waals surface area contributed by atoms with Crippen molar-refractivity contribution in [1.29, 1.82) is 0 Å². The maximum absolute atomic E-state index is 9.49. The van der Waals surface area contributed by atoms with Crippen LogP contribution < -0.4 is 9.64 Å². The van der Waals surface area contributed by atoms with E-state index in [0.29, 0.717) is 0 Å². The molecule has 2 rings (SSSR count). The lowest BCUT2D eigenvalue weighted by atomic mass is 10.2. The zero-order valence-electron chi connectivity index (χ0n) is 10.5. The number of rotatable bonds is 3. The van der Waals surface area contributed by atoms with Gasteiger partial charge in [0.25, 0.3) is 0 Å². The van der Waals surface area contributed by atoms with Crippen molar-refractivity contribution in [2.24, 2.45) is 0 Å². The Hall–Kier alpha value is -1.26. The van der Waals surface area contributed by atoms with E-state index >= 15 is 0 Å². The molecule has 0 bridgehead atoms. The second-order valence-corrected chi connectivity index (χ2v) is 4.35. The highest BCUT2D eigenvalue weighted by atomic mass is 16.5. The van der Waals surface area contributed by atoms with Gasteiger partial charge in [-0.3, -0.25) is 4.90 Å². The van der Waals surface area contributed by atoms with Crippen molar-refractivity contribution >= 4 is 5.69 Å². The molecule has 1 fully saturated rings. The van der Waals surface area contributed by atoms with Crippen molar-refractivity contribution in [2.75, 3.05) is 38.2 Å². The lowest BCUT2D eigenvalue weighted by Crippen LogP contribution is -2.49. The van der Waals surface area contributed by atoms with Crippen LogP contribution in [0, 0.1) is 0 Å². The fourth-order valence-electron chi connectivity index (χ4n) is 2.15.